The Kier molecular flexibility index (Phi) is 2.78. The molecule has 2 rings (SSSR count). The summed E-state index contributed by atoms with van der Waals surface area (Å²) in [5.41, 5.74) is 0.102. The lowest BCUT2D eigenvalue weighted by atomic mass is 10.1. The van der Waals surface area contributed by atoms with Gasteiger partial charge in [0.2, 0.25) is 0 Å². The molecule has 0 saturated carbocycles. The smallest absolute Gasteiger partial charge is 0.337 e. The van der Waals surface area contributed by atoms with Gasteiger partial charge in [0.15, 0.2) is 0 Å². The average molecular weight is 257 g/mol. The third kappa shape index (κ3) is 1.54. The Morgan fingerprint density at radius 1 is 1.50 bits per heavy atom. The van der Waals surface area contributed by atoms with Crippen molar-refractivity contribution in [2.45, 2.75) is 6.92 Å². The zero-order chi connectivity index (χ0) is 11.9. The summed E-state index contributed by atoms with van der Waals surface area (Å²) < 4.78 is 6.18. The average Bonchev–Trinajstić information content (AvgIpc) is 2.54. The molecular formula is C11H9ClO3S. The van der Waals surface area contributed by atoms with E-state index in [4.69, 9.17) is 21.4 Å². The van der Waals surface area contributed by atoms with E-state index in [1.54, 1.807) is 13.2 Å². The van der Waals surface area contributed by atoms with Gasteiger partial charge in [0.1, 0.15) is 5.75 Å². The molecule has 0 bridgehead atoms. The number of aryl methyl sites for hydroxylation is 1. The van der Waals surface area contributed by atoms with Crippen molar-refractivity contribution in [1.82, 2.24) is 0 Å². The number of methoxy groups -OCH3 is 1. The number of carboxylic acid groups (broad SMARTS) is 1. The Hall–Kier alpha value is -1.26. The van der Waals surface area contributed by atoms with Crippen molar-refractivity contribution in [3.05, 3.63) is 27.6 Å². The lowest BCUT2D eigenvalue weighted by Crippen LogP contribution is -1.97. The fourth-order valence-corrected chi connectivity index (χ4v) is 3.08. The van der Waals surface area contributed by atoms with Gasteiger partial charge in [-0.15, -0.1) is 11.3 Å². The highest BCUT2D eigenvalue weighted by Crippen LogP contribution is 2.42. The van der Waals surface area contributed by atoms with Gasteiger partial charge in [0.25, 0.3) is 0 Å². The van der Waals surface area contributed by atoms with Crippen LogP contribution >= 0.6 is 22.9 Å². The van der Waals surface area contributed by atoms with Crippen molar-refractivity contribution in [2.75, 3.05) is 7.11 Å². The van der Waals surface area contributed by atoms with E-state index in [1.807, 2.05) is 6.92 Å². The van der Waals surface area contributed by atoms with E-state index in [0.29, 0.717) is 11.1 Å². The minimum Gasteiger partial charge on any atom is -0.495 e. The largest absolute Gasteiger partial charge is 0.495 e. The molecule has 1 N–H and O–H groups in total. The summed E-state index contributed by atoms with van der Waals surface area (Å²) in [7, 11) is 1.55. The zero-order valence-corrected chi connectivity index (χ0v) is 10.3. The first kappa shape index (κ1) is 11.2. The Bertz CT molecular complexity index is 574. The van der Waals surface area contributed by atoms with Crippen LogP contribution in [0.4, 0.5) is 0 Å². The monoisotopic (exact) mass is 256 g/mol. The minimum atomic E-state index is -1.03. The number of fused-ring (bicyclic) bond motifs is 1. The quantitative estimate of drug-likeness (QED) is 0.894. The second-order valence-electron chi connectivity index (χ2n) is 3.30. The van der Waals surface area contributed by atoms with E-state index >= 15 is 0 Å². The van der Waals surface area contributed by atoms with Crippen LogP contribution in [0.2, 0.25) is 5.02 Å². The lowest BCUT2D eigenvalue weighted by molar-refractivity contribution is 0.0697. The molecule has 0 saturated heterocycles. The van der Waals surface area contributed by atoms with Crippen molar-refractivity contribution in [2.24, 2.45) is 0 Å². The van der Waals surface area contributed by atoms with Gasteiger partial charge in [0.05, 0.1) is 23.1 Å². The van der Waals surface area contributed by atoms with Gasteiger partial charge in [-0.2, -0.15) is 0 Å². The van der Waals surface area contributed by atoms with Crippen LogP contribution in [-0.4, -0.2) is 18.2 Å². The fourth-order valence-electron chi connectivity index (χ4n) is 1.65. The molecule has 0 amide bonds. The molecular weight excluding hydrogens is 248 g/mol. The van der Waals surface area contributed by atoms with E-state index in [0.717, 1.165) is 9.58 Å². The minimum absolute atomic E-state index is 0.102. The van der Waals surface area contributed by atoms with Gasteiger partial charge in [0, 0.05) is 9.58 Å². The normalized spacial score (nSPS) is 10.7. The summed E-state index contributed by atoms with van der Waals surface area (Å²) in [5.74, 6) is -0.370. The molecule has 3 nitrogen and oxygen atoms in total. The molecule has 0 aliphatic heterocycles. The van der Waals surface area contributed by atoms with Gasteiger partial charge in [-0.25, -0.2) is 4.79 Å². The van der Waals surface area contributed by atoms with Crippen LogP contribution in [0, 0.1) is 6.92 Å². The number of benzene rings is 1. The summed E-state index contributed by atoms with van der Waals surface area (Å²) in [6.45, 7) is 1.92. The second-order valence-corrected chi connectivity index (χ2v) is 4.93. The molecule has 16 heavy (non-hydrogen) atoms. The molecule has 0 radical (unpaired) electrons. The molecule has 1 aromatic heterocycles. The van der Waals surface area contributed by atoms with Crippen LogP contribution in [0.3, 0.4) is 0 Å². The van der Waals surface area contributed by atoms with E-state index in [-0.39, 0.29) is 10.6 Å². The van der Waals surface area contributed by atoms with Crippen molar-refractivity contribution in [1.29, 1.82) is 0 Å². The fraction of sp³-hybridized carbons (Fsp3) is 0.182. The summed E-state index contributed by atoms with van der Waals surface area (Å²) >= 11 is 7.62. The molecule has 0 aliphatic carbocycles. The molecule has 2 aromatic rings. The maximum absolute atomic E-state index is 11.0. The van der Waals surface area contributed by atoms with Gasteiger partial charge in [-0.05, 0) is 19.1 Å². The number of ether oxygens (including phenoxy) is 1. The van der Waals surface area contributed by atoms with Crippen molar-refractivity contribution < 1.29 is 14.6 Å². The molecule has 1 heterocycles. The first-order chi connectivity index (χ1) is 7.56. The van der Waals surface area contributed by atoms with Gasteiger partial charge < -0.3 is 9.84 Å². The van der Waals surface area contributed by atoms with Crippen LogP contribution in [0.25, 0.3) is 10.1 Å². The number of hydrogen-bond acceptors (Lipinski definition) is 3. The SMILES string of the molecule is COc1c(C)sc2ccc(C(=O)O)c(Cl)c12. The summed E-state index contributed by atoms with van der Waals surface area (Å²) in [4.78, 5) is 11.9. The van der Waals surface area contributed by atoms with Crippen LogP contribution < -0.4 is 4.74 Å². The molecule has 0 aliphatic rings. The van der Waals surface area contributed by atoms with E-state index in [2.05, 4.69) is 0 Å². The van der Waals surface area contributed by atoms with E-state index < -0.39 is 5.97 Å². The number of thiophene rings is 1. The maximum Gasteiger partial charge on any atom is 0.337 e. The van der Waals surface area contributed by atoms with Crippen LogP contribution in [0.1, 0.15) is 15.2 Å². The first-order valence-corrected chi connectivity index (χ1v) is 5.74. The standard InChI is InChI=1S/C11H9ClO3S/c1-5-10(15-2)8-7(16-5)4-3-6(9(8)12)11(13)14/h3-4H,1-2H3,(H,13,14). The molecule has 0 fully saturated rings. The molecule has 0 spiro atoms. The highest BCUT2D eigenvalue weighted by Gasteiger charge is 2.18. The molecule has 0 atom stereocenters. The summed E-state index contributed by atoms with van der Waals surface area (Å²) in [6.07, 6.45) is 0. The van der Waals surface area contributed by atoms with Crippen molar-refractivity contribution in [3.8, 4) is 5.75 Å². The first-order valence-electron chi connectivity index (χ1n) is 4.55. The van der Waals surface area contributed by atoms with E-state index in [9.17, 15) is 4.79 Å². The van der Waals surface area contributed by atoms with Crippen molar-refractivity contribution >= 4 is 39.0 Å². The lowest BCUT2D eigenvalue weighted by Gasteiger charge is -2.03. The van der Waals surface area contributed by atoms with Crippen molar-refractivity contribution in [3.63, 3.8) is 0 Å². The van der Waals surface area contributed by atoms with Gasteiger partial charge in [-0.3, -0.25) is 0 Å². The summed E-state index contributed by atoms with van der Waals surface area (Å²) in [5, 5.41) is 9.90. The van der Waals surface area contributed by atoms with Gasteiger partial charge in [-0.1, -0.05) is 11.6 Å². The number of carboxylic acids is 1. The molecule has 84 valence electrons. The highest BCUT2D eigenvalue weighted by molar-refractivity contribution is 7.19. The third-order valence-electron chi connectivity index (χ3n) is 2.35. The van der Waals surface area contributed by atoms with E-state index in [1.165, 1.54) is 17.4 Å². The Morgan fingerprint density at radius 3 is 2.75 bits per heavy atom. The Morgan fingerprint density at radius 2 is 2.19 bits per heavy atom. The van der Waals surface area contributed by atoms with Crippen LogP contribution in [-0.2, 0) is 0 Å². The third-order valence-corrected chi connectivity index (χ3v) is 3.79. The number of aromatic carboxylic acids is 1. The molecule has 5 heteroatoms. The topological polar surface area (TPSA) is 46.5 Å². The predicted octanol–water partition coefficient (Wildman–Crippen LogP) is 3.57. The molecule has 1 aromatic carbocycles. The molecule has 0 unspecified atom stereocenters. The number of hydrogen-bond donors (Lipinski definition) is 1. The number of halogens is 1. The summed E-state index contributed by atoms with van der Waals surface area (Å²) in [6, 6.07) is 3.27. The number of rotatable bonds is 2. The predicted molar refractivity (Wildman–Crippen MR) is 65.1 cm³/mol. The highest BCUT2D eigenvalue weighted by atomic mass is 35.5. The van der Waals surface area contributed by atoms with Crippen LogP contribution in [0.15, 0.2) is 12.1 Å². The Labute approximate surface area is 101 Å². The zero-order valence-electron chi connectivity index (χ0n) is 8.70. The second kappa shape index (κ2) is 3.96. The van der Waals surface area contributed by atoms with Crippen LogP contribution in [0.5, 0.6) is 5.75 Å². The Balaban J connectivity index is 2.86. The van der Waals surface area contributed by atoms with Gasteiger partial charge >= 0.3 is 5.97 Å². The maximum atomic E-state index is 11.0. The number of carbonyl (C=O) groups is 1.